The van der Waals surface area contributed by atoms with Gasteiger partial charge in [0.15, 0.2) is 0 Å². The molecule has 0 radical (unpaired) electrons. The smallest absolute Gasteiger partial charge is 0.250 e. The minimum absolute atomic E-state index is 0.0199. The number of nitrogens with zero attached hydrogens (tertiary/aromatic N) is 2. The maximum absolute atomic E-state index is 11.9. The minimum Gasteiger partial charge on any atom is -0.372 e. The Kier molecular flexibility index (Phi) is 7.08. The van der Waals surface area contributed by atoms with Gasteiger partial charge in [0, 0.05) is 50.6 Å². The zero-order valence-corrected chi connectivity index (χ0v) is 14.1. The fraction of sp³-hybridized carbons (Fsp3) is 0.368. The van der Waals surface area contributed by atoms with E-state index in [1.807, 2.05) is 18.2 Å². The number of aryl methyl sites for hydroxylation is 1. The number of pyridine rings is 1. The highest BCUT2D eigenvalue weighted by Crippen LogP contribution is 2.12. The normalized spacial score (nSPS) is 10.4. The molecule has 1 aromatic carbocycles. The predicted octanol–water partition coefficient (Wildman–Crippen LogP) is 2.27. The fourth-order valence-corrected chi connectivity index (χ4v) is 2.56. The molecule has 0 aliphatic rings. The van der Waals surface area contributed by atoms with E-state index < -0.39 is 0 Å². The molecule has 1 aromatic heterocycles. The molecule has 0 spiro atoms. The molecule has 0 aliphatic heterocycles. The summed E-state index contributed by atoms with van der Waals surface area (Å²) in [5, 5.41) is 2.92. The number of carbonyl (C=O) groups excluding carboxylic acids is 1. The predicted molar refractivity (Wildman–Crippen MR) is 97.3 cm³/mol. The third kappa shape index (κ3) is 5.57. The monoisotopic (exact) mass is 327 g/mol. The molecular weight excluding hydrogens is 302 g/mol. The molecule has 128 valence electrons. The number of hydrogen-bond acceptors (Lipinski definition) is 3. The maximum atomic E-state index is 11.9. The van der Waals surface area contributed by atoms with E-state index in [4.69, 9.17) is 0 Å². The number of benzene rings is 1. The first-order valence-electron chi connectivity index (χ1n) is 8.43. The van der Waals surface area contributed by atoms with Crippen molar-refractivity contribution >= 4 is 11.6 Å². The third-order valence-corrected chi connectivity index (χ3v) is 3.91. The molecule has 0 bridgehead atoms. The van der Waals surface area contributed by atoms with Gasteiger partial charge in [0.05, 0.1) is 0 Å². The van der Waals surface area contributed by atoms with Gasteiger partial charge in [0.1, 0.15) is 0 Å². The standard InChI is InChI=1S/C19H25N3O2/c1-2-21(17-9-4-3-5-10-17)15-8-13-20-18(23)12-16-22-14-7-6-11-19(22)24/h3-7,9-11,14H,2,8,12-13,15-16H2,1H3,(H,20,23). The van der Waals surface area contributed by atoms with E-state index in [0.717, 1.165) is 19.5 Å². The molecule has 5 nitrogen and oxygen atoms in total. The lowest BCUT2D eigenvalue weighted by Crippen LogP contribution is -2.31. The van der Waals surface area contributed by atoms with E-state index in [9.17, 15) is 9.59 Å². The fourth-order valence-electron chi connectivity index (χ4n) is 2.56. The Balaban J connectivity index is 1.67. The van der Waals surface area contributed by atoms with Crippen LogP contribution in [0.15, 0.2) is 59.5 Å². The minimum atomic E-state index is -0.0771. The van der Waals surface area contributed by atoms with Gasteiger partial charge in [-0.3, -0.25) is 9.59 Å². The molecule has 0 fully saturated rings. The zero-order valence-electron chi connectivity index (χ0n) is 14.1. The summed E-state index contributed by atoms with van der Waals surface area (Å²) >= 11 is 0. The Morgan fingerprint density at radius 1 is 1.12 bits per heavy atom. The molecule has 5 heteroatoms. The first-order chi connectivity index (χ1) is 11.7. The van der Waals surface area contributed by atoms with Crippen molar-refractivity contribution in [3.05, 3.63) is 65.1 Å². The second kappa shape index (κ2) is 9.55. The van der Waals surface area contributed by atoms with E-state index in [1.54, 1.807) is 22.9 Å². The Morgan fingerprint density at radius 3 is 2.58 bits per heavy atom. The Morgan fingerprint density at radius 2 is 1.88 bits per heavy atom. The van der Waals surface area contributed by atoms with Gasteiger partial charge in [-0.25, -0.2) is 0 Å². The second-order valence-electron chi connectivity index (χ2n) is 5.60. The molecule has 2 aromatic rings. The van der Waals surface area contributed by atoms with Crippen LogP contribution in [0, 0.1) is 0 Å². The van der Waals surface area contributed by atoms with Crippen molar-refractivity contribution in [3.8, 4) is 0 Å². The van der Waals surface area contributed by atoms with E-state index >= 15 is 0 Å². The van der Waals surface area contributed by atoms with E-state index in [2.05, 4.69) is 29.3 Å². The van der Waals surface area contributed by atoms with Crippen molar-refractivity contribution < 1.29 is 4.79 Å². The number of para-hydroxylation sites is 1. The summed E-state index contributed by atoms with van der Waals surface area (Å²) in [5.74, 6) is -0.0199. The van der Waals surface area contributed by atoms with Crippen LogP contribution in [-0.2, 0) is 11.3 Å². The van der Waals surface area contributed by atoms with Crippen molar-refractivity contribution in [2.24, 2.45) is 0 Å². The number of amides is 1. The highest BCUT2D eigenvalue weighted by molar-refractivity contribution is 5.75. The topological polar surface area (TPSA) is 54.3 Å². The van der Waals surface area contributed by atoms with Crippen LogP contribution < -0.4 is 15.8 Å². The largest absolute Gasteiger partial charge is 0.372 e. The van der Waals surface area contributed by atoms with E-state index in [-0.39, 0.29) is 11.5 Å². The molecule has 1 N–H and O–H groups in total. The summed E-state index contributed by atoms with van der Waals surface area (Å²) < 4.78 is 1.55. The Labute approximate surface area is 142 Å². The van der Waals surface area contributed by atoms with Crippen molar-refractivity contribution in [3.63, 3.8) is 0 Å². The van der Waals surface area contributed by atoms with Crippen molar-refractivity contribution in [2.75, 3.05) is 24.5 Å². The molecular formula is C19H25N3O2. The molecule has 2 rings (SSSR count). The zero-order chi connectivity index (χ0) is 17.2. The molecule has 0 saturated heterocycles. The first kappa shape index (κ1) is 17.8. The lowest BCUT2D eigenvalue weighted by atomic mass is 10.2. The Hall–Kier alpha value is -2.56. The van der Waals surface area contributed by atoms with Gasteiger partial charge in [-0.15, -0.1) is 0 Å². The van der Waals surface area contributed by atoms with Gasteiger partial charge in [-0.1, -0.05) is 24.3 Å². The van der Waals surface area contributed by atoms with Crippen LogP contribution in [0.3, 0.4) is 0 Å². The second-order valence-corrected chi connectivity index (χ2v) is 5.60. The number of hydrogen-bond donors (Lipinski definition) is 1. The van der Waals surface area contributed by atoms with Crippen molar-refractivity contribution in [1.29, 1.82) is 0 Å². The summed E-state index contributed by atoms with van der Waals surface area (Å²) in [6.45, 7) is 5.03. The van der Waals surface area contributed by atoms with Crippen LogP contribution in [0.25, 0.3) is 0 Å². The van der Waals surface area contributed by atoms with Crippen LogP contribution in [0.2, 0.25) is 0 Å². The van der Waals surface area contributed by atoms with Gasteiger partial charge in [-0.2, -0.15) is 0 Å². The van der Waals surface area contributed by atoms with Gasteiger partial charge < -0.3 is 14.8 Å². The average molecular weight is 327 g/mol. The highest BCUT2D eigenvalue weighted by atomic mass is 16.1. The maximum Gasteiger partial charge on any atom is 0.250 e. The van der Waals surface area contributed by atoms with E-state index in [1.165, 1.54) is 11.8 Å². The molecule has 0 aliphatic carbocycles. The summed E-state index contributed by atoms with van der Waals surface area (Å²) in [7, 11) is 0. The first-order valence-corrected chi connectivity index (χ1v) is 8.43. The summed E-state index contributed by atoms with van der Waals surface area (Å²) in [6.07, 6.45) is 2.91. The molecule has 0 unspecified atom stereocenters. The van der Waals surface area contributed by atoms with Crippen molar-refractivity contribution in [1.82, 2.24) is 9.88 Å². The van der Waals surface area contributed by atoms with Crippen LogP contribution in [0.1, 0.15) is 19.8 Å². The number of rotatable bonds is 9. The van der Waals surface area contributed by atoms with Crippen LogP contribution >= 0.6 is 0 Å². The van der Waals surface area contributed by atoms with E-state index in [0.29, 0.717) is 19.5 Å². The number of carbonyl (C=O) groups is 1. The van der Waals surface area contributed by atoms with Crippen molar-refractivity contribution in [2.45, 2.75) is 26.3 Å². The highest BCUT2D eigenvalue weighted by Gasteiger charge is 2.05. The van der Waals surface area contributed by atoms with Gasteiger partial charge in [0.2, 0.25) is 5.91 Å². The number of nitrogens with one attached hydrogen (secondary N) is 1. The molecule has 0 atom stereocenters. The number of anilines is 1. The molecule has 1 heterocycles. The summed E-state index contributed by atoms with van der Waals surface area (Å²) in [5.41, 5.74) is 1.13. The molecule has 1 amide bonds. The SMILES string of the molecule is CCN(CCCNC(=O)CCn1ccccc1=O)c1ccccc1. The third-order valence-electron chi connectivity index (χ3n) is 3.91. The lowest BCUT2D eigenvalue weighted by molar-refractivity contribution is -0.121. The Bertz CT molecular complexity index is 682. The van der Waals surface area contributed by atoms with Gasteiger partial charge in [-0.05, 0) is 31.5 Å². The van der Waals surface area contributed by atoms with Gasteiger partial charge in [0.25, 0.3) is 5.56 Å². The quantitative estimate of drug-likeness (QED) is 0.719. The van der Waals surface area contributed by atoms with Crippen LogP contribution in [0.4, 0.5) is 5.69 Å². The number of aromatic nitrogens is 1. The molecule has 24 heavy (non-hydrogen) atoms. The average Bonchev–Trinajstić information content (AvgIpc) is 2.62. The van der Waals surface area contributed by atoms with Crippen LogP contribution in [0.5, 0.6) is 0 Å². The molecule has 0 saturated carbocycles. The summed E-state index contributed by atoms with van der Waals surface area (Å²) in [6, 6.07) is 15.3. The van der Waals surface area contributed by atoms with Gasteiger partial charge >= 0.3 is 0 Å². The van der Waals surface area contributed by atoms with Crippen LogP contribution in [-0.4, -0.2) is 30.1 Å². The lowest BCUT2D eigenvalue weighted by Gasteiger charge is -2.23. The summed E-state index contributed by atoms with van der Waals surface area (Å²) in [4.78, 5) is 25.7.